The Balaban J connectivity index is 1.57. The van der Waals surface area contributed by atoms with E-state index >= 15 is 0 Å². The highest BCUT2D eigenvalue weighted by Gasteiger charge is 2.20. The molecular formula is C30H31FN2O. The van der Waals surface area contributed by atoms with Crippen molar-refractivity contribution in [1.29, 1.82) is 0 Å². The van der Waals surface area contributed by atoms with Gasteiger partial charge in [-0.15, -0.1) is 0 Å². The first kappa shape index (κ1) is 23.5. The highest BCUT2D eigenvalue weighted by Crippen LogP contribution is 2.29. The van der Waals surface area contributed by atoms with Crippen LogP contribution < -0.4 is 10.6 Å². The number of rotatable bonds is 9. The van der Waals surface area contributed by atoms with Crippen molar-refractivity contribution in [2.75, 3.05) is 10.6 Å². The number of carbonyl (C=O) groups is 1. The number of nitrogens with one attached hydrogen (secondary N) is 2. The fourth-order valence-electron chi connectivity index (χ4n) is 4.24. The molecule has 0 spiro atoms. The van der Waals surface area contributed by atoms with E-state index in [1.54, 1.807) is 12.1 Å². The highest BCUT2D eigenvalue weighted by molar-refractivity contribution is 5.99. The molecule has 4 rings (SSSR count). The molecule has 0 aliphatic heterocycles. The van der Waals surface area contributed by atoms with Crippen molar-refractivity contribution in [2.24, 2.45) is 0 Å². The van der Waals surface area contributed by atoms with Gasteiger partial charge < -0.3 is 10.6 Å². The van der Waals surface area contributed by atoms with Gasteiger partial charge >= 0.3 is 0 Å². The molecule has 0 aromatic heterocycles. The molecule has 4 aromatic rings. The SMILES string of the molecule is CCCCc1ccc(CNc2ccccc2)cc1NC(=O)C(C)c1ccc(F)c2ccccc12. The van der Waals surface area contributed by atoms with Gasteiger partial charge in [-0.3, -0.25) is 4.79 Å². The van der Waals surface area contributed by atoms with E-state index < -0.39 is 5.92 Å². The minimum absolute atomic E-state index is 0.0947. The second kappa shape index (κ2) is 11.0. The Kier molecular flexibility index (Phi) is 7.58. The third kappa shape index (κ3) is 5.45. The van der Waals surface area contributed by atoms with Gasteiger partial charge in [-0.05, 0) is 66.1 Å². The van der Waals surface area contributed by atoms with Crippen LogP contribution in [0.25, 0.3) is 10.8 Å². The van der Waals surface area contributed by atoms with Crippen LogP contribution in [0.4, 0.5) is 15.8 Å². The number of hydrogen-bond acceptors (Lipinski definition) is 2. The molecule has 4 aromatic carbocycles. The maximum atomic E-state index is 14.3. The van der Waals surface area contributed by atoms with Crippen molar-refractivity contribution in [3.05, 3.63) is 107 Å². The van der Waals surface area contributed by atoms with Crippen molar-refractivity contribution in [3.8, 4) is 0 Å². The molecule has 0 saturated carbocycles. The summed E-state index contributed by atoms with van der Waals surface area (Å²) in [7, 11) is 0. The van der Waals surface area contributed by atoms with Crippen LogP contribution in [0.1, 0.15) is 49.3 Å². The minimum Gasteiger partial charge on any atom is -0.381 e. The number of benzene rings is 4. The summed E-state index contributed by atoms with van der Waals surface area (Å²) >= 11 is 0. The Morgan fingerprint density at radius 3 is 2.41 bits per heavy atom. The predicted octanol–water partition coefficient (Wildman–Crippen LogP) is 7.68. The van der Waals surface area contributed by atoms with Crippen LogP contribution in [0.3, 0.4) is 0 Å². The van der Waals surface area contributed by atoms with Crippen molar-refractivity contribution in [1.82, 2.24) is 0 Å². The van der Waals surface area contributed by atoms with E-state index in [-0.39, 0.29) is 11.7 Å². The summed E-state index contributed by atoms with van der Waals surface area (Å²) < 4.78 is 14.3. The Morgan fingerprint density at radius 2 is 1.65 bits per heavy atom. The number of fused-ring (bicyclic) bond motifs is 1. The molecule has 0 aliphatic rings. The van der Waals surface area contributed by atoms with Crippen molar-refractivity contribution in [3.63, 3.8) is 0 Å². The average molecular weight is 455 g/mol. The summed E-state index contributed by atoms with van der Waals surface area (Å²) in [4.78, 5) is 13.3. The molecule has 0 bridgehead atoms. The van der Waals surface area contributed by atoms with Gasteiger partial charge in [-0.1, -0.05) is 74.0 Å². The number of para-hydroxylation sites is 1. The lowest BCUT2D eigenvalue weighted by Gasteiger charge is -2.18. The number of anilines is 2. The van der Waals surface area contributed by atoms with Crippen molar-refractivity contribution in [2.45, 2.75) is 45.6 Å². The molecule has 0 saturated heterocycles. The summed E-state index contributed by atoms with van der Waals surface area (Å²) in [6.45, 7) is 4.71. The first-order valence-electron chi connectivity index (χ1n) is 12.0. The van der Waals surface area contributed by atoms with Crippen LogP contribution in [-0.2, 0) is 17.8 Å². The van der Waals surface area contributed by atoms with E-state index in [0.717, 1.165) is 52.7 Å². The van der Waals surface area contributed by atoms with Crippen molar-refractivity contribution < 1.29 is 9.18 Å². The minimum atomic E-state index is -0.421. The van der Waals surface area contributed by atoms with Gasteiger partial charge in [0.05, 0.1) is 5.92 Å². The fourth-order valence-corrected chi connectivity index (χ4v) is 4.24. The molecule has 0 radical (unpaired) electrons. The third-order valence-corrected chi connectivity index (χ3v) is 6.27. The standard InChI is InChI=1S/C30H31FN2O/c1-3-4-10-23-16-15-22(20-32-24-11-6-5-7-12-24)19-29(23)33-30(34)21(2)25-17-18-28(31)27-14-9-8-13-26(25)27/h5-9,11-19,21,32H,3-4,10,20H2,1-2H3,(H,33,34). The van der Waals surface area contributed by atoms with Gasteiger partial charge in [0.25, 0.3) is 0 Å². The number of hydrogen-bond donors (Lipinski definition) is 2. The van der Waals surface area contributed by atoms with E-state index in [1.165, 1.54) is 6.07 Å². The number of aryl methyl sites for hydroxylation is 1. The second-order valence-electron chi connectivity index (χ2n) is 8.71. The Hall–Kier alpha value is -3.66. The summed E-state index contributed by atoms with van der Waals surface area (Å²) in [6, 6.07) is 26.9. The van der Waals surface area contributed by atoms with E-state index in [4.69, 9.17) is 0 Å². The van der Waals surface area contributed by atoms with Crippen LogP contribution in [0.15, 0.2) is 84.9 Å². The number of halogens is 1. The van der Waals surface area contributed by atoms with Crippen molar-refractivity contribution >= 4 is 28.1 Å². The molecule has 2 N–H and O–H groups in total. The zero-order chi connectivity index (χ0) is 23.9. The monoisotopic (exact) mass is 454 g/mol. The average Bonchev–Trinajstić information content (AvgIpc) is 2.87. The lowest BCUT2D eigenvalue weighted by Crippen LogP contribution is -2.20. The van der Waals surface area contributed by atoms with Crippen LogP contribution >= 0.6 is 0 Å². The van der Waals surface area contributed by atoms with E-state index in [1.807, 2.05) is 55.5 Å². The summed E-state index contributed by atoms with van der Waals surface area (Å²) in [6.07, 6.45) is 3.05. The quantitative estimate of drug-likeness (QED) is 0.272. The number of amides is 1. The van der Waals surface area contributed by atoms with Gasteiger partial charge in [0.15, 0.2) is 0 Å². The Labute approximate surface area is 201 Å². The van der Waals surface area contributed by atoms with Gasteiger partial charge in [0.1, 0.15) is 5.82 Å². The summed E-state index contributed by atoms with van der Waals surface area (Å²) in [5, 5.41) is 7.92. The maximum Gasteiger partial charge on any atom is 0.231 e. The van der Waals surface area contributed by atoms with Crippen LogP contribution in [0.2, 0.25) is 0 Å². The van der Waals surface area contributed by atoms with Crippen LogP contribution in [0.5, 0.6) is 0 Å². The molecule has 0 heterocycles. The smallest absolute Gasteiger partial charge is 0.231 e. The maximum absolute atomic E-state index is 14.3. The number of unbranched alkanes of at least 4 members (excludes halogenated alkanes) is 1. The molecule has 1 amide bonds. The van der Waals surface area contributed by atoms with E-state index in [9.17, 15) is 9.18 Å². The Morgan fingerprint density at radius 1 is 0.912 bits per heavy atom. The third-order valence-electron chi connectivity index (χ3n) is 6.27. The predicted molar refractivity (Wildman–Crippen MR) is 140 cm³/mol. The number of carbonyl (C=O) groups excluding carboxylic acids is 1. The van der Waals surface area contributed by atoms with Crippen LogP contribution in [-0.4, -0.2) is 5.91 Å². The lowest BCUT2D eigenvalue weighted by atomic mass is 9.93. The van der Waals surface area contributed by atoms with Crippen LogP contribution in [0, 0.1) is 5.82 Å². The molecule has 1 unspecified atom stereocenters. The molecular weight excluding hydrogens is 423 g/mol. The topological polar surface area (TPSA) is 41.1 Å². The Bertz CT molecular complexity index is 1270. The molecule has 34 heavy (non-hydrogen) atoms. The normalized spacial score (nSPS) is 11.9. The van der Waals surface area contributed by atoms with Gasteiger partial charge in [-0.2, -0.15) is 0 Å². The molecule has 3 nitrogen and oxygen atoms in total. The van der Waals surface area contributed by atoms with E-state index in [2.05, 4.69) is 35.8 Å². The van der Waals surface area contributed by atoms with E-state index in [0.29, 0.717) is 11.9 Å². The van der Waals surface area contributed by atoms with Gasteiger partial charge in [-0.25, -0.2) is 4.39 Å². The van der Waals surface area contributed by atoms with Gasteiger partial charge in [0.2, 0.25) is 5.91 Å². The van der Waals surface area contributed by atoms with Gasteiger partial charge in [0, 0.05) is 23.3 Å². The molecule has 1 atom stereocenters. The molecule has 0 aliphatic carbocycles. The molecule has 174 valence electrons. The largest absolute Gasteiger partial charge is 0.381 e. The summed E-state index contributed by atoms with van der Waals surface area (Å²) in [5.74, 6) is -0.786. The molecule has 4 heteroatoms. The second-order valence-corrected chi connectivity index (χ2v) is 8.71. The first-order chi connectivity index (χ1) is 16.6. The lowest BCUT2D eigenvalue weighted by molar-refractivity contribution is -0.117. The molecule has 0 fully saturated rings. The zero-order valence-electron chi connectivity index (χ0n) is 19.8. The first-order valence-corrected chi connectivity index (χ1v) is 12.0. The summed E-state index contributed by atoms with van der Waals surface area (Å²) in [5.41, 5.74) is 4.96. The zero-order valence-corrected chi connectivity index (χ0v) is 19.8. The fraction of sp³-hybridized carbons (Fsp3) is 0.233. The highest BCUT2D eigenvalue weighted by atomic mass is 19.1.